The van der Waals surface area contributed by atoms with Crippen LogP contribution in [0.1, 0.15) is 30.3 Å². The molecule has 1 aromatic carbocycles. The fraction of sp³-hybridized carbons (Fsp3) is 0.353. The second-order valence-electron chi connectivity index (χ2n) is 5.90. The van der Waals surface area contributed by atoms with E-state index in [0.29, 0.717) is 23.7 Å². The van der Waals surface area contributed by atoms with Gasteiger partial charge in [-0.05, 0) is 25.5 Å². The lowest BCUT2D eigenvalue weighted by atomic mass is 10.1. The fourth-order valence-electron chi connectivity index (χ4n) is 2.73. The minimum atomic E-state index is -0.352. The number of hydrogen-bond donors (Lipinski definition) is 1. The molecule has 2 heterocycles. The van der Waals surface area contributed by atoms with Crippen LogP contribution in [0.4, 0.5) is 0 Å². The average Bonchev–Trinajstić information content (AvgIpc) is 3.17. The molecular formula is C17H18ClN3O3. The number of amides is 2. The molecule has 3 rings (SSSR count). The van der Waals surface area contributed by atoms with Gasteiger partial charge >= 0.3 is 0 Å². The molecular weight excluding hydrogens is 330 g/mol. The van der Waals surface area contributed by atoms with Crippen LogP contribution in [0, 0.1) is 0 Å². The highest BCUT2D eigenvalue weighted by Gasteiger charge is 2.23. The monoisotopic (exact) mass is 347 g/mol. The summed E-state index contributed by atoms with van der Waals surface area (Å²) in [6.07, 6.45) is 1.47. The van der Waals surface area contributed by atoms with E-state index in [2.05, 4.69) is 10.5 Å². The van der Waals surface area contributed by atoms with Crippen molar-refractivity contribution in [2.75, 3.05) is 13.1 Å². The van der Waals surface area contributed by atoms with E-state index in [1.54, 1.807) is 29.2 Å². The van der Waals surface area contributed by atoms with Crippen LogP contribution in [0.5, 0.6) is 0 Å². The molecule has 0 spiro atoms. The largest absolute Gasteiger partial charge is 0.350 e. The Kier molecular flexibility index (Phi) is 4.85. The SMILES string of the molecule is C[C@H](CN1CCCC1=O)NC(=O)c1cc(-c2cccc(Cl)c2)no1. The molecule has 0 saturated carbocycles. The summed E-state index contributed by atoms with van der Waals surface area (Å²) >= 11 is 5.96. The topological polar surface area (TPSA) is 75.4 Å². The predicted octanol–water partition coefficient (Wildman–Crippen LogP) is 2.74. The first-order valence-electron chi connectivity index (χ1n) is 7.84. The number of halogens is 1. The molecule has 7 heteroatoms. The van der Waals surface area contributed by atoms with Crippen molar-refractivity contribution < 1.29 is 14.1 Å². The molecule has 1 aliphatic rings. The third kappa shape index (κ3) is 3.76. The summed E-state index contributed by atoms with van der Waals surface area (Å²) in [7, 11) is 0. The van der Waals surface area contributed by atoms with Gasteiger partial charge in [0.25, 0.3) is 5.91 Å². The maximum Gasteiger partial charge on any atom is 0.290 e. The number of carbonyl (C=O) groups excluding carboxylic acids is 2. The van der Waals surface area contributed by atoms with Gasteiger partial charge in [-0.3, -0.25) is 9.59 Å². The van der Waals surface area contributed by atoms with E-state index in [-0.39, 0.29) is 23.6 Å². The molecule has 0 radical (unpaired) electrons. The van der Waals surface area contributed by atoms with Crippen LogP contribution in [0.25, 0.3) is 11.3 Å². The number of carbonyl (C=O) groups is 2. The summed E-state index contributed by atoms with van der Waals surface area (Å²) in [5.41, 5.74) is 1.33. The summed E-state index contributed by atoms with van der Waals surface area (Å²) in [6.45, 7) is 3.11. The molecule has 1 fully saturated rings. The van der Waals surface area contributed by atoms with Crippen LogP contribution in [-0.2, 0) is 4.79 Å². The van der Waals surface area contributed by atoms with E-state index >= 15 is 0 Å². The number of nitrogens with zero attached hydrogens (tertiary/aromatic N) is 2. The summed E-state index contributed by atoms with van der Waals surface area (Å²) in [5.74, 6) is -0.0847. The molecule has 1 aromatic heterocycles. The zero-order valence-electron chi connectivity index (χ0n) is 13.3. The van der Waals surface area contributed by atoms with Crippen LogP contribution in [0.15, 0.2) is 34.9 Å². The second-order valence-corrected chi connectivity index (χ2v) is 6.34. The molecule has 0 unspecified atom stereocenters. The van der Waals surface area contributed by atoms with Gasteiger partial charge < -0.3 is 14.7 Å². The van der Waals surface area contributed by atoms with E-state index in [1.165, 1.54) is 0 Å². The number of rotatable bonds is 5. The zero-order chi connectivity index (χ0) is 17.1. The lowest BCUT2D eigenvalue weighted by molar-refractivity contribution is -0.127. The molecule has 0 aliphatic carbocycles. The van der Waals surface area contributed by atoms with Crippen molar-refractivity contribution in [2.24, 2.45) is 0 Å². The molecule has 1 atom stereocenters. The quantitative estimate of drug-likeness (QED) is 0.902. The molecule has 2 aromatic rings. The highest BCUT2D eigenvalue weighted by molar-refractivity contribution is 6.30. The molecule has 1 N–H and O–H groups in total. The molecule has 2 amide bonds. The van der Waals surface area contributed by atoms with Crippen LogP contribution < -0.4 is 5.32 Å². The van der Waals surface area contributed by atoms with E-state index in [4.69, 9.17) is 16.1 Å². The Morgan fingerprint density at radius 2 is 2.29 bits per heavy atom. The number of benzene rings is 1. The number of hydrogen-bond acceptors (Lipinski definition) is 4. The van der Waals surface area contributed by atoms with Crippen molar-refractivity contribution >= 4 is 23.4 Å². The number of nitrogens with one attached hydrogen (secondary N) is 1. The highest BCUT2D eigenvalue weighted by atomic mass is 35.5. The maximum atomic E-state index is 12.2. The fourth-order valence-corrected chi connectivity index (χ4v) is 2.92. The van der Waals surface area contributed by atoms with Gasteiger partial charge in [-0.25, -0.2) is 0 Å². The number of aromatic nitrogens is 1. The van der Waals surface area contributed by atoms with E-state index in [0.717, 1.165) is 18.5 Å². The van der Waals surface area contributed by atoms with E-state index in [9.17, 15) is 9.59 Å². The van der Waals surface area contributed by atoms with Gasteiger partial charge in [-0.15, -0.1) is 0 Å². The van der Waals surface area contributed by atoms with Crippen LogP contribution in [0.3, 0.4) is 0 Å². The third-order valence-corrected chi connectivity index (χ3v) is 4.13. The van der Waals surface area contributed by atoms with Gasteiger partial charge in [0.2, 0.25) is 11.7 Å². The Labute approximate surface area is 144 Å². The van der Waals surface area contributed by atoms with Crippen molar-refractivity contribution in [1.29, 1.82) is 0 Å². The Bertz CT molecular complexity index is 759. The first-order chi connectivity index (χ1) is 11.5. The summed E-state index contributed by atoms with van der Waals surface area (Å²) < 4.78 is 5.13. The second kappa shape index (κ2) is 7.05. The van der Waals surface area contributed by atoms with E-state index < -0.39 is 0 Å². The van der Waals surface area contributed by atoms with Crippen LogP contribution in [-0.4, -0.2) is 41.0 Å². The van der Waals surface area contributed by atoms with Gasteiger partial charge in [0.1, 0.15) is 5.69 Å². The Hall–Kier alpha value is -2.34. The van der Waals surface area contributed by atoms with Gasteiger partial charge in [0, 0.05) is 42.2 Å². The summed E-state index contributed by atoms with van der Waals surface area (Å²) in [5, 5.41) is 7.33. The molecule has 24 heavy (non-hydrogen) atoms. The minimum absolute atomic E-state index is 0.129. The number of likely N-dealkylation sites (tertiary alicyclic amines) is 1. The smallest absolute Gasteiger partial charge is 0.290 e. The Morgan fingerprint density at radius 3 is 3.00 bits per heavy atom. The third-order valence-electron chi connectivity index (χ3n) is 3.90. The van der Waals surface area contributed by atoms with Crippen molar-refractivity contribution in [3.05, 3.63) is 41.1 Å². The first kappa shape index (κ1) is 16.5. The van der Waals surface area contributed by atoms with Gasteiger partial charge in [0.15, 0.2) is 0 Å². The lowest BCUT2D eigenvalue weighted by Gasteiger charge is -2.21. The molecule has 126 valence electrons. The standard InChI is InChI=1S/C17H18ClN3O3/c1-11(10-21-7-3-6-16(21)22)19-17(23)15-9-14(20-24-15)12-4-2-5-13(18)8-12/h2,4-5,8-9,11H,3,6-7,10H2,1H3,(H,19,23)/t11-/m1/s1. The molecule has 6 nitrogen and oxygen atoms in total. The van der Waals surface area contributed by atoms with E-state index in [1.807, 2.05) is 13.0 Å². The molecule has 0 bridgehead atoms. The molecule has 1 saturated heterocycles. The Morgan fingerprint density at radius 1 is 1.46 bits per heavy atom. The van der Waals surface area contributed by atoms with Crippen molar-refractivity contribution in [3.8, 4) is 11.3 Å². The van der Waals surface area contributed by atoms with Crippen molar-refractivity contribution in [3.63, 3.8) is 0 Å². The van der Waals surface area contributed by atoms with Gasteiger partial charge in [-0.1, -0.05) is 28.9 Å². The van der Waals surface area contributed by atoms with Crippen molar-refractivity contribution in [1.82, 2.24) is 15.4 Å². The summed E-state index contributed by atoms with van der Waals surface area (Å²) in [6, 6.07) is 8.57. The summed E-state index contributed by atoms with van der Waals surface area (Å²) in [4.78, 5) is 25.6. The molecule has 1 aliphatic heterocycles. The first-order valence-corrected chi connectivity index (χ1v) is 8.22. The van der Waals surface area contributed by atoms with Gasteiger partial charge in [-0.2, -0.15) is 0 Å². The Balaban J connectivity index is 1.62. The normalized spacial score (nSPS) is 15.6. The van der Waals surface area contributed by atoms with Gasteiger partial charge in [0.05, 0.1) is 0 Å². The maximum absolute atomic E-state index is 12.2. The highest BCUT2D eigenvalue weighted by Crippen LogP contribution is 2.22. The minimum Gasteiger partial charge on any atom is -0.350 e. The predicted molar refractivity (Wildman–Crippen MR) is 89.7 cm³/mol. The average molecular weight is 348 g/mol. The lowest BCUT2D eigenvalue weighted by Crippen LogP contribution is -2.42. The van der Waals surface area contributed by atoms with Crippen molar-refractivity contribution in [2.45, 2.75) is 25.8 Å². The zero-order valence-corrected chi connectivity index (χ0v) is 14.0. The van der Waals surface area contributed by atoms with Crippen LogP contribution >= 0.6 is 11.6 Å². The van der Waals surface area contributed by atoms with Crippen LogP contribution in [0.2, 0.25) is 5.02 Å².